The molecular weight excluding hydrogens is 362 g/mol. The van der Waals surface area contributed by atoms with Crippen LogP contribution in [0.2, 0.25) is 0 Å². The Morgan fingerprint density at radius 3 is 2.44 bits per heavy atom. The van der Waals surface area contributed by atoms with Gasteiger partial charge in [-0.15, -0.1) is 0 Å². The molecule has 0 fully saturated rings. The van der Waals surface area contributed by atoms with Crippen molar-refractivity contribution in [3.8, 4) is 5.75 Å². The summed E-state index contributed by atoms with van der Waals surface area (Å²) in [7, 11) is 1.59. The summed E-state index contributed by atoms with van der Waals surface area (Å²) in [5, 5.41) is 8.57. The van der Waals surface area contributed by atoms with E-state index >= 15 is 0 Å². The number of amides is 2. The van der Waals surface area contributed by atoms with E-state index in [1.165, 1.54) is 0 Å². The summed E-state index contributed by atoms with van der Waals surface area (Å²) >= 11 is 5.18. The molecule has 6 nitrogen and oxygen atoms in total. The van der Waals surface area contributed by atoms with Crippen LogP contribution in [0.15, 0.2) is 48.5 Å². The van der Waals surface area contributed by atoms with Crippen molar-refractivity contribution in [2.24, 2.45) is 0 Å². The minimum atomic E-state index is -0.230. The fourth-order valence-corrected chi connectivity index (χ4v) is 2.58. The van der Waals surface area contributed by atoms with Gasteiger partial charge in [-0.1, -0.05) is 18.2 Å². The number of nitrogens with one attached hydrogen (secondary N) is 3. The number of methoxy groups -OCH3 is 1. The second-order valence-corrected chi connectivity index (χ2v) is 6.64. The minimum absolute atomic E-state index is 0.0486. The van der Waals surface area contributed by atoms with Crippen molar-refractivity contribution in [3.63, 3.8) is 0 Å². The lowest BCUT2D eigenvalue weighted by molar-refractivity contribution is -0.119. The second-order valence-electron chi connectivity index (χ2n) is 6.24. The maximum atomic E-state index is 12.1. The average molecular weight is 385 g/mol. The van der Waals surface area contributed by atoms with Crippen LogP contribution in [0.1, 0.15) is 29.8 Å². The minimum Gasteiger partial charge on any atom is -0.497 e. The lowest BCUT2D eigenvalue weighted by atomic mass is 10.1. The fourth-order valence-electron chi connectivity index (χ4n) is 2.35. The van der Waals surface area contributed by atoms with Crippen molar-refractivity contribution in [3.05, 3.63) is 59.7 Å². The largest absolute Gasteiger partial charge is 0.497 e. The third-order valence-electron chi connectivity index (χ3n) is 3.58. The molecule has 0 unspecified atom stereocenters. The monoisotopic (exact) mass is 385 g/mol. The van der Waals surface area contributed by atoms with Gasteiger partial charge in [0, 0.05) is 17.3 Å². The molecule has 27 heavy (non-hydrogen) atoms. The fraction of sp³-hybridized carbons (Fsp3) is 0.250. The first-order valence-corrected chi connectivity index (χ1v) is 8.93. The molecule has 0 spiro atoms. The van der Waals surface area contributed by atoms with E-state index in [1.807, 2.05) is 26.0 Å². The first-order valence-electron chi connectivity index (χ1n) is 8.52. The van der Waals surface area contributed by atoms with Gasteiger partial charge in [0.15, 0.2) is 5.11 Å². The van der Waals surface area contributed by atoms with Crippen LogP contribution in [0.5, 0.6) is 5.75 Å². The van der Waals surface area contributed by atoms with Crippen molar-refractivity contribution in [2.75, 3.05) is 12.4 Å². The molecular formula is C20H23N3O3S. The second kappa shape index (κ2) is 9.68. The zero-order valence-electron chi connectivity index (χ0n) is 15.5. The highest BCUT2D eigenvalue weighted by molar-refractivity contribution is 7.80. The van der Waals surface area contributed by atoms with Crippen LogP contribution in [0, 0.1) is 0 Å². The van der Waals surface area contributed by atoms with E-state index < -0.39 is 0 Å². The van der Waals surface area contributed by atoms with Crippen LogP contribution in [0.25, 0.3) is 0 Å². The molecule has 2 amide bonds. The number of carbonyl (C=O) groups excluding carboxylic acids is 2. The van der Waals surface area contributed by atoms with Gasteiger partial charge in [-0.2, -0.15) is 0 Å². The molecule has 0 aliphatic carbocycles. The third-order valence-corrected chi connectivity index (χ3v) is 3.78. The average Bonchev–Trinajstić information content (AvgIpc) is 2.61. The Balaban J connectivity index is 1.90. The third kappa shape index (κ3) is 6.71. The predicted molar refractivity (Wildman–Crippen MR) is 110 cm³/mol. The Kier molecular flexibility index (Phi) is 7.31. The Labute approximate surface area is 164 Å². The Hall–Kier alpha value is -2.93. The van der Waals surface area contributed by atoms with Gasteiger partial charge < -0.3 is 20.7 Å². The van der Waals surface area contributed by atoms with Crippen LogP contribution in [-0.2, 0) is 11.2 Å². The van der Waals surface area contributed by atoms with Gasteiger partial charge in [0.2, 0.25) is 5.91 Å². The number of thiocarbonyl (C=S) groups is 1. The van der Waals surface area contributed by atoms with Gasteiger partial charge in [-0.25, -0.2) is 0 Å². The molecule has 3 N–H and O–H groups in total. The first-order chi connectivity index (χ1) is 12.9. The van der Waals surface area contributed by atoms with E-state index in [1.54, 1.807) is 43.5 Å². The van der Waals surface area contributed by atoms with E-state index in [0.29, 0.717) is 11.3 Å². The van der Waals surface area contributed by atoms with Gasteiger partial charge in [-0.05, 0) is 62.0 Å². The highest BCUT2D eigenvalue weighted by Crippen LogP contribution is 2.12. The molecule has 0 saturated carbocycles. The molecule has 7 heteroatoms. The summed E-state index contributed by atoms with van der Waals surface area (Å²) in [6, 6.07) is 14.2. The first kappa shape index (κ1) is 20.4. The van der Waals surface area contributed by atoms with Crippen molar-refractivity contribution in [1.29, 1.82) is 0 Å². The summed E-state index contributed by atoms with van der Waals surface area (Å²) in [5.41, 5.74) is 1.99. The predicted octanol–water partition coefficient (Wildman–Crippen LogP) is 2.89. The molecule has 0 radical (unpaired) electrons. The summed E-state index contributed by atoms with van der Waals surface area (Å²) in [6.07, 6.45) is 0.197. The van der Waals surface area contributed by atoms with Crippen molar-refractivity contribution in [1.82, 2.24) is 10.6 Å². The van der Waals surface area contributed by atoms with Gasteiger partial charge in [0.1, 0.15) is 5.75 Å². The van der Waals surface area contributed by atoms with Crippen molar-refractivity contribution in [2.45, 2.75) is 26.3 Å². The van der Waals surface area contributed by atoms with Crippen LogP contribution >= 0.6 is 12.2 Å². The number of benzene rings is 2. The maximum absolute atomic E-state index is 12.1. The zero-order valence-corrected chi connectivity index (χ0v) is 16.4. The van der Waals surface area contributed by atoms with Crippen LogP contribution < -0.4 is 20.7 Å². The SMILES string of the molecule is COc1ccc(CC(=O)NC(=S)Nc2cccc(C(=O)NC(C)C)c2)cc1. The number of anilines is 1. The number of hydrogen-bond donors (Lipinski definition) is 3. The molecule has 0 aliphatic rings. The molecule has 0 saturated heterocycles. The number of rotatable bonds is 6. The standard InChI is InChI=1S/C20H23N3O3S/c1-13(2)21-19(25)15-5-4-6-16(12-15)22-20(27)23-18(24)11-14-7-9-17(26-3)10-8-14/h4-10,12-13H,11H2,1-3H3,(H,21,25)(H2,22,23,24,27). The molecule has 0 atom stereocenters. The Bertz CT molecular complexity index is 819. The number of ether oxygens (including phenoxy) is 1. The lowest BCUT2D eigenvalue weighted by Crippen LogP contribution is -2.35. The summed E-state index contributed by atoms with van der Waals surface area (Å²) in [4.78, 5) is 24.2. The van der Waals surface area contributed by atoms with Gasteiger partial charge in [-0.3, -0.25) is 9.59 Å². The molecule has 0 heterocycles. The smallest absolute Gasteiger partial charge is 0.251 e. The van der Waals surface area contributed by atoms with Gasteiger partial charge in [0.05, 0.1) is 13.5 Å². The molecule has 0 aliphatic heterocycles. The van der Waals surface area contributed by atoms with E-state index in [9.17, 15) is 9.59 Å². The highest BCUT2D eigenvalue weighted by Gasteiger charge is 2.10. The highest BCUT2D eigenvalue weighted by atomic mass is 32.1. The van der Waals surface area contributed by atoms with Crippen molar-refractivity contribution >= 4 is 34.8 Å². The Morgan fingerprint density at radius 2 is 1.81 bits per heavy atom. The Morgan fingerprint density at radius 1 is 1.11 bits per heavy atom. The van der Waals surface area contributed by atoms with E-state index in [0.717, 1.165) is 11.3 Å². The summed E-state index contributed by atoms with van der Waals surface area (Å²) < 4.78 is 5.09. The van der Waals surface area contributed by atoms with Crippen LogP contribution in [0.4, 0.5) is 5.69 Å². The van der Waals surface area contributed by atoms with Crippen LogP contribution in [0.3, 0.4) is 0 Å². The summed E-state index contributed by atoms with van der Waals surface area (Å²) in [6.45, 7) is 3.79. The van der Waals surface area contributed by atoms with Gasteiger partial charge >= 0.3 is 0 Å². The molecule has 0 bridgehead atoms. The molecule has 2 aromatic carbocycles. The quantitative estimate of drug-likeness (QED) is 0.667. The molecule has 0 aromatic heterocycles. The number of carbonyl (C=O) groups is 2. The van der Waals surface area contributed by atoms with Crippen LogP contribution in [-0.4, -0.2) is 30.1 Å². The van der Waals surface area contributed by atoms with Gasteiger partial charge in [0.25, 0.3) is 5.91 Å². The number of hydrogen-bond acceptors (Lipinski definition) is 4. The van der Waals surface area contributed by atoms with E-state index in [-0.39, 0.29) is 29.4 Å². The van der Waals surface area contributed by atoms with E-state index in [2.05, 4.69) is 16.0 Å². The molecule has 2 rings (SSSR count). The normalized spacial score (nSPS) is 10.2. The maximum Gasteiger partial charge on any atom is 0.251 e. The topological polar surface area (TPSA) is 79.5 Å². The van der Waals surface area contributed by atoms with E-state index in [4.69, 9.17) is 17.0 Å². The van der Waals surface area contributed by atoms with Crippen molar-refractivity contribution < 1.29 is 14.3 Å². The molecule has 142 valence electrons. The summed E-state index contributed by atoms with van der Waals surface area (Å²) in [5.74, 6) is 0.340. The lowest BCUT2D eigenvalue weighted by Gasteiger charge is -2.12. The zero-order chi connectivity index (χ0) is 19.8. The molecule has 2 aromatic rings.